The highest BCUT2D eigenvalue weighted by molar-refractivity contribution is 5.88. The molecule has 104 valence electrons. The van der Waals surface area contributed by atoms with Gasteiger partial charge in [-0.15, -0.1) is 0 Å². The van der Waals surface area contributed by atoms with Gasteiger partial charge < -0.3 is 15.9 Å². The van der Waals surface area contributed by atoms with E-state index in [0.29, 0.717) is 25.2 Å². The Labute approximate surface area is 109 Å². The van der Waals surface area contributed by atoms with Crippen LogP contribution < -0.4 is 5.73 Å². The van der Waals surface area contributed by atoms with Gasteiger partial charge >= 0.3 is 11.9 Å². The minimum absolute atomic E-state index is 0.132. The van der Waals surface area contributed by atoms with E-state index in [-0.39, 0.29) is 12.1 Å². The van der Waals surface area contributed by atoms with Gasteiger partial charge in [0.25, 0.3) is 0 Å². The van der Waals surface area contributed by atoms with Gasteiger partial charge in [0.05, 0.1) is 11.9 Å². The average Bonchev–Trinajstić information content (AvgIpc) is 2.86. The summed E-state index contributed by atoms with van der Waals surface area (Å²) in [6, 6.07) is 0. The van der Waals surface area contributed by atoms with Crippen molar-refractivity contribution < 1.29 is 19.8 Å². The second kappa shape index (κ2) is 4.63. The minimum atomic E-state index is -1.25. The van der Waals surface area contributed by atoms with Crippen molar-refractivity contribution in [3.63, 3.8) is 0 Å². The molecule has 4 N–H and O–H groups in total. The zero-order chi connectivity index (χ0) is 14.2. The zero-order valence-corrected chi connectivity index (χ0v) is 10.5. The molecule has 0 amide bonds. The number of aromatic nitrogens is 2. The lowest BCUT2D eigenvalue weighted by Gasteiger charge is -2.20. The third-order valence-electron chi connectivity index (χ3n) is 3.47. The van der Waals surface area contributed by atoms with Crippen LogP contribution in [0, 0.1) is 0 Å². The van der Waals surface area contributed by atoms with Gasteiger partial charge in [-0.2, -0.15) is 5.10 Å². The predicted octanol–water partition coefficient (Wildman–Crippen LogP) is -0.894. The van der Waals surface area contributed by atoms with Gasteiger partial charge in [0.15, 0.2) is 0 Å². The van der Waals surface area contributed by atoms with Crippen LogP contribution >= 0.6 is 0 Å². The maximum absolute atomic E-state index is 11.1. The molecule has 1 unspecified atom stereocenters. The summed E-state index contributed by atoms with van der Waals surface area (Å²) in [7, 11) is 1.66. The molecule has 0 aromatic carbocycles. The number of carboxylic acids is 2. The predicted molar refractivity (Wildman–Crippen MR) is 64.6 cm³/mol. The molecule has 8 nitrogen and oxygen atoms in total. The number of aryl methyl sites for hydroxylation is 1. The second-order valence-corrected chi connectivity index (χ2v) is 4.86. The molecular formula is C11H16N4O4. The van der Waals surface area contributed by atoms with Crippen LogP contribution in [0.1, 0.15) is 22.5 Å². The van der Waals surface area contributed by atoms with Crippen molar-refractivity contribution in [2.24, 2.45) is 12.8 Å². The number of carbonyl (C=O) groups is 2. The van der Waals surface area contributed by atoms with E-state index in [1.54, 1.807) is 7.05 Å². The quantitative estimate of drug-likeness (QED) is 0.647. The number of hydrogen-bond donors (Lipinski definition) is 3. The molecule has 0 bridgehead atoms. The normalized spacial score (nSPS) is 23.7. The summed E-state index contributed by atoms with van der Waals surface area (Å²) in [6.07, 6.45) is 1.64. The molecule has 1 aliphatic heterocycles. The number of hydrogen-bond acceptors (Lipinski definition) is 5. The van der Waals surface area contributed by atoms with Gasteiger partial charge in [-0.05, 0) is 6.42 Å². The maximum Gasteiger partial charge on any atom is 0.339 e. The van der Waals surface area contributed by atoms with Gasteiger partial charge in [0.1, 0.15) is 11.1 Å². The van der Waals surface area contributed by atoms with Crippen LogP contribution in [-0.4, -0.2) is 55.5 Å². The largest absolute Gasteiger partial charge is 0.480 e. The Bertz CT molecular complexity index is 527. The van der Waals surface area contributed by atoms with Crippen molar-refractivity contribution in [1.82, 2.24) is 14.7 Å². The minimum Gasteiger partial charge on any atom is -0.480 e. The van der Waals surface area contributed by atoms with E-state index in [2.05, 4.69) is 5.10 Å². The monoisotopic (exact) mass is 268 g/mol. The molecule has 1 aromatic heterocycles. The van der Waals surface area contributed by atoms with Crippen LogP contribution in [0.2, 0.25) is 0 Å². The molecule has 1 atom stereocenters. The summed E-state index contributed by atoms with van der Waals surface area (Å²) in [4.78, 5) is 23.9. The van der Waals surface area contributed by atoms with E-state index < -0.39 is 17.5 Å². The first kappa shape index (κ1) is 13.5. The van der Waals surface area contributed by atoms with Crippen molar-refractivity contribution in [1.29, 1.82) is 0 Å². The van der Waals surface area contributed by atoms with E-state index in [0.717, 1.165) is 0 Å². The Kier molecular flexibility index (Phi) is 3.29. The average molecular weight is 268 g/mol. The summed E-state index contributed by atoms with van der Waals surface area (Å²) >= 11 is 0. The number of carboxylic acid groups (broad SMARTS) is 2. The third kappa shape index (κ3) is 2.45. The molecule has 8 heteroatoms. The molecule has 1 aromatic rings. The summed E-state index contributed by atoms with van der Waals surface area (Å²) < 4.78 is 1.49. The van der Waals surface area contributed by atoms with Gasteiger partial charge in [-0.25, -0.2) is 4.79 Å². The molecule has 0 radical (unpaired) electrons. The highest BCUT2D eigenvalue weighted by Gasteiger charge is 2.41. The molecule has 2 heterocycles. The molecule has 0 saturated carbocycles. The second-order valence-electron chi connectivity index (χ2n) is 4.86. The molecule has 2 rings (SSSR count). The summed E-state index contributed by atoms with van der Waals surface area (Å²) in [6.45, 7) is 1.05. The van der Waals surface area contributed by atoms with Crippen molar-refractivity contribution in [2.75, 3.05) is 13.1 Å². The fraction of sp³-hybridized carbons (Fsp3) is 0.545. The number of aromatic carboxylic acids is 1. The molecule has 1 saturated heterocycles. The lowest BCUT2D eigenvalue weighted by Crippen LogP contribution is -2.50. The number of likely N-dealkylation sites (tertiary alicyclic amines) is 1. The van der Waals surface area contributed by atoms with Crippen molar-refractivity contribution in [3.8, 4) is 0 Å². The first-order valence-corrected chi connectivity index (χ1v) is 5.82. The molecule has 0 aliphatic carbocycles. The molecule has 1 fully saturated rings. The topological polar surface area (TPSA) is 122 Å². The number of nitrogens with two attached hydrogens (primary N) is 1. The first-order chi connectivity index (χ1) is 8.83. The van der Waals surface area contributed by atoms with E-state index in [4.69, 9.17) is 15.9 Å². The molecule has 1 aliphatic rings. The van der Waals surface area contributed by atoms with Crippen molar-refractivity contribution in [2.45, 2.75) is 18.5 Å². The van der Waals surface area contributed by atoms with Crippen LogP contribution in [-0.2, 0) is 18.4 Å². The summed E-state index contributed by atoms with van der Waals surface area (Å²) in [5.41, 5.74) is 5.20. The molecular weight excluding hydrogens is 252 g/mol. The smallest absolute Gasteiger partial charge is 0.339 e. The Morgan fingerprint density at radius 3 is 2.74 bits per heavy atom. The highest BCUT2D eigenvalue weighted by atomic mass is 16.4. The lowest BCUT2D eigenvalue weighted by atomic mass is 10.0. The standard InChI is InChI=1S/C11H16N4O4/c1-14-8(7(4-13-14)9(16)17)5-15-3-2-11(12,6-15)10(18)19/h4H,2-3,5-6,12H2,1H3,(H,16,17)(H,18,19). The maximum atomic E-state index is 11.1. The van der Waals surface area contributed by atoms with Crippen LogP contribution in [0.3, 0.4) is 0 Å². The van der Waals surface area contributed by atoms with Gasteiger partial charge in [-0.3, -0.25) is 14.4 Å². The highest BCUT2D eigenvalue weighted by Crippen LogP contribution is 2.22. The van der Waals surface area contributed by atoms with Crippen molar-refractivity contribution >= 4 is 11.9 Å². The lowest BCUT2D eigenvalue weighted by molar-refractivity contribution is -0.142. The Balaban J connectivity index is 2.14. The van der Waals surface area contributed by atoms with E-state index in [1.807, 2.05) is 4.90 Å². The van der Waals surface area contributed by atoms with Crippen LogP contribution in [0.4, 0.5) is 0 Å². The van der Waals surface area contributed by atoms with Gasteiger partial charge in [0.2, 0.25) is 0 Å². The Hall–Kier alpha value is -1.93. The first-order valence-electron chi connectivity index (χ1n) is 5.82. The van der Waals surface area contributed by atoms with Gasteiger partial charge in [0, 0.05) is 26.7 Å². The van der Waals surface area contributed by atoms with Crippen molar-refractivity contribution in [3.05, 3.63) is 17.5 Å². The molecule has 19 heavy (non-hydrogen) atoms. The Morgan fingerprint density at radius 2 is 2.21 bits per heavy atom. The summed E-state index contributed by atoms with van der Waals surface area (Å²) in [5, 5.41) is 22.0. The van der Waals surface area contributed by atoms with Crippen LogP contribution in [0.5, 0.6) is 0 Å². The van der Waals surface area contributed by atoms with E-state index in [9.17, 15) is 9.59 Å². The van der Waals surface area contributed by atoms with Crippen LogP contribution in [0.15, 0.2) is 6.20 Å². The van der Waals surface area contributed by atoms with E-state index >= 15 is 0 Å². The SMILES string of the molecule is Cn1ncc(C(=O)O)c1CN1CCC(N)(C(=O)O)C1. The third-order valence-corrected chi connectivity index (χ3v) is 3.47. The van der Waals surface area contributed by atoms with Gasteiger partial charge in [-0.1, -0.05) is 0 Å². The van der Waals surface area contributed by atoms with E-state index in [1.165, 1.54) is 10.9 Å². The fourth-order valence-corrected chi connectivity index (χ4v) is 2.27. The zero-order valence-electron chi connectivity index (χ0n) is 10.5. The number of nitrogens with zero attached hydrogens (tertiary/aromatic N) is 3. The number of aliphatic carboxylic acids is 1. The summed E-state index contributed by atoms with van der Waals surface area (Å²) in [5.74, 6) is -2.07. The number of rotatable bonds is 4. The fourth-order valence-electron chi connectivity index (χ4n) is 2.27. The molecule has 0 spiro atoms. The Morgan fingerprint density at radius 1 is 1.53 bits per heavy atom. The van der Waals surface area contributed by atoms with Crippen LogP contribution in [0.25, 0.3) is 0 Å².